The van der Waals surface area contributed by atoms with Crippen LogP contribution in [0.15, 0.2) is 48.5 Å². The lowest BCUT2D eigenvalue weighted by atomic mass is 9.67. The number of amidine groups is 1. The van der Waals surface area contributed by atoms with Crippen molar-refractivity contribution in [3.8, 4) is 17.2 Å². The summed E-state index contributed by atoms with van der Waals surface area (Å²) >= 11 is 0. The van der Waals surface area contributed by atoms with Crippen LogP contribution in [0.2, 0.25) is 0 Å². The maximum atomic E-state index is 9.74. The lowest BCUT2D eigenvalue weighted by Crippen LogP contribution is -2.25. The highest BCUT2D eigenvalue weighted by atomic mass is 35.5. The number of nitrogen functional groups attached to an aromatic ring is 1. The standard InChI is InChI=1S/C25H31N3.ClH/c1-2-3-4-15-25(18-26)16-13-22(14-17-25)21-7-5-19(6-8-21)20-9-11-23(12-10-20)24(27)28;/h5-12,22H,2-4,13-17H2,1H3,(H3,27,28);1H. The fourth-order valence-electron chi connectivity index (χ4n) is 4.42. The minimum atomic E-state index is -0.0793. The molecule has 29 heavy (non-hydrogen) atoms. The minimum absolute atomic E-state index is 0. The van der Waals surface area contributed by atoms with Crippen molar-refractivity contribution in [1.29, 1.82) is 10.7 Å². The van der Waals surface area contributed by atoms with Crippen LogP contribution in [0, 0.1) is 22.2 Å². The second kappa shape index (κ2) is 10.5. The van der Waals surface area contributed by atoms with Crippen molar-refractivity contribution in [3.63, 3.8) is 0 Å². The lowest BCUT2D eigenvalue weighted by molar-refractivity contribution is 0.223. The first-order valence-corrected chi connectivity index (χ1v) is 10.5. The maximum absolute atomic E-state index is 9.74. The smallest absolute Gasteiger partial charge is 0.122 e. The number of nitriles is 1. The van der Waals surface area contributed by atoms with Gasteiger partial charge in [0.2, 0.25) is 0 Å². The molecule has 0 atom stereocenters. The van der Waals surface area contributed by atoms with Crippen molar-refractivity contribution in [2.24, 2.45) is 11.1 Å². The average Bonchev–Trinajstić information content (AvgIpc) is 2.75. The molecule has 4 heteroatoms. The van der Waals surface area contributed by atoms with Crippen molar-refractivity contribution < 1.29 is 0 Å². The predicted molar refractivity (Wildman–Crippen MR) is 124 cm³/mol. The Morgan fingerprint density at radius 1 is 1.03 bits per heavy atom. The van der Waals surface area contributed by atoms with Gasteiger partial charge < -0.3 is 5.73 Å². The van der Waals surface area contributed by atoms with Gasteiger partial charge in [0.15, 0.2) is 0 Å². The zero-order valence-electron chi connectivity index (χ0n) is 17.3. The second-order valence-electron chi connectivity index (χ2n) is 8.24. The topological polar surface area (TPSA) is 73.7 Å². The average molecular weight is 410 g/mol. The van der Waals surface area contributed by atoms with Gasteiger partial charge in [0.25, 0.3) is 0 Å². The fourth-order valence-corrected chi connectivity index (χ4v) is 4.42. The molecule has 0 saturated heterocycles. The summed E-state index contributed by atoms with van der Waals surface area (Å²) in [6.45, 7) is 2.22. The Labute approximate surface area is 181 Å². The summed E-state index contributed by atoms with van der Waals surface area (Å²) in [5.74, 6) is 0.670. The molecule has 1 aliphatic rings. The monoisotopic (exact) mass is 409 g/mol. The van der Waals surface area contributed by atoms with Gasteiger partial charge in [-0.15, -0.1) is 12.4 Å². The first kappa shape index (κ1) is 23.0. The summed E-state index contributed by atoms with van der Waals surface area (Å²) in [6, 6.07) is 19.4. The highest BCUT2D eigenvalue weighted by Gasteiger charge is 2.35. The highest BCUT2D eigenvalue weighted by Crippen LogP contribution is 2.45. The Balaban J connectivity index is 0.00000300. The third kappa shape index (κ3) is 5.61. The number of rotatable bonds is 7. The van der Waals surface area contributed by atoms with E-state index >= 15 is 0 Å². The van der Waals surface area contributed by atoms with Crippen LogP contribution < -0.4 is 5.73 Å². The van der Waals surface area contributed by atoms with Crippen molar-refractivity contribution in [2.75, 3.05) is 0 Å². The number of nitrogens with two attached hydrogens (primary N) is 1. The van der Waals surface area contributed by atoms with Crippen LogP contribution in [0.5, 0.6) is 0 Å². The first-order valence-electron chi connectivity index (χ1n) is 10.5. The largest absolute Gasteiger partial charge is 0.384 e. The Morgan fingerprint density at radius 3 is 2.07 bits per heavy atom. The van der Waals surface area contributed by atoms with E-state index in [0.29, 0.717) is 5.92 Å². The zero-order chi connectivity index (χ0) is 20.0. The van der Waals surface area contributed by atoms with E-state index in [1.54, 1.807) is 0 Å². The molecule has 0 unspecified atom stereocenters. The van der Waals surface area contributed by atoms with Crippen molar-refractivity contribution in [3.05, 3.63) is 59.7 Å². The number of halogens is 1. The molecule has 2 aromatic rings. The molecule has 3 rings (SSSR count). The van der Waals surface area contributed by atoms with Gasteiger partial charge in [0, 0.05) is 5.56 Å². The molecule has 0 heterocycles. The third-order valence-corrected chi connectivity index (χ3v) is 6.35. The van der Waals surface area contributed by atoms with Crippen LogP contribution in [0.25, 0.3) is 11.1 Å². The number of nitrogens with zero attached hydrogens (tertiary/aromatic N) is 1. The van der Waals surface area contributed by atoms with E-state index in [2.05, 4.69) is 37.3 Å². The quantitative estimate of drug-likeness (QED) is 0.299. The summed E-state index contributed by atoms with van der Waals surface area (Å²) in [5.41, 5.74) is 9.92. The van der Waals surface area contributed by atoms with E-state index in [0.717, 1.165) is 43.2 Å². The molecule has 2 aromatic carbocycles. The molecule has 3 nitrogen and oxygen atoms in total. The Bertz CT molecular complexity index is 826. The predicted octanol–water partition coefficient (Wildman–Crippen LogP) is 6.81. The van der Waals surface area contributed by atoms with Crippen LogP contribution >= 0.6 is 12.4 Å². The molecule has 1 aliphatic carbocycles. The van der Waals surface area contributed by atoms with Crippen LogP contribution in [-0.4, -0.2) is 5.84 Å². The first-order chi connectivity index (χ1) is 13.6. The molecule has 0 amide bonds. The zero-order valence-corrected chi connectivity index (χ0v) is 18.1. The van der Waals surface area contributed by atoms with Gasteiger partial charge in [-0.05, 0) is 54.7 Å². The van der Waals surface area contributed by atoms with Crippen LogP contribution in [0.4, 0.5) is 0 Å². The molecular formula is C25H32ClN3. The summed E-state index contributed by atoms with van der Waals surface area (Å²) in [7, 11) is 0. The summed E-state index contributed by atoms with van der Waals surface area (Å²) in [5, 5.41) is 17.2. The van der Waals surface area contributed by atoms with Crippen LogP contribution in [0.3, 0.4) is 0 Å². The number of unbranched alkanes of at least 4 members (excludes halogenated alkanes) is 2. The third-order valence-electron chi connectivity index (χ3n) is 6.35. The molecule has 0 aliphatic heterocycles. The lowest BCUT2D eigenvalue weighted by Gasteiger charge is -2.35. The molecule has 0 radical (unpaired) electrons. The van der Waals surface area contributed by atoms with Gasteiger partial charge in [-0.25, -0.2) is 0 Å². The molecule has 3 N–H and O–H groups in total. The normalized spacial score (nSPS) is 21.0. The number of hydrogen-bond donors (Lipinski definition) is 2. The van der Waals surface area contributed by atoms with Crippen LogP contribution in [-0.2, 0) is 0 Å². The van der Waals surface area contributed by atoms with Gasteiger partial charge in [-0.2, -0.15) is 5.26 Å². The summed E-state index contributed by atoms with van der Waals surface area (Å²) < 4.78 is 0. The second-order valence-corrected chi connectivity index (χ2v) is 8.24. The van der Waals surface area contributed by atoms with Gasteiger partial charge in [0.1, 0.15) is 5.84 Å². The minimum Gasteiger partial charge on any atom is -0.384 e. The van der Waals surface area contributed by atoms with Gasteiger partial charge in [-0.1, -0.05) is 74.7 Å². The number of hydrogen-bond acceptors (Lipinski definition) is 2. The Hall–Kier alpha value is -2.31. The molecular weight excluding hydrogens is 378 g/mol. The Morgan fingerprint density at radius 2 is 1.59 bits per heavy atom. The van der Waals surface area contributed by atoms with E-state index in [1.165, 1.54) is 30.4 Å². The van der Waals surface area contributed by atoms with Crippen molar-refractivity contribution >= 4 is 18.2 Å². The summed E-state index contributed by atoms with van der Waals surface area (Å²) in [4.78, 5) is 0. The SMILES string of the molecule is CCCCCC1(C#N)CCC(c2ccc(-c3ccc(C(=N)N)cc3)cc2)CC1.Cl. The van der Waals surface area contributed by atoms with E-state index in [4.69, 9.17) is 11.1 Å². The number of nitrogens with one attached hydrogen (secondary N) is 1. The van der Waals surface area contributed by atoms with E-state index in [1.807, 2.05) is 24.3 Å². The number of benzene rings is 2. The molecule has 0 aromatic heterocycles. The molecule has 0 spiro atoms. The van der Waals surface area contributed by atoms with E-state index < -0.39 is 0 Å². The van der Waals surface area contributed by atoms with Gasteiger partial charge in [-0.3, -0.25) is 5.41 Å². The molecule has 1 saturated carbocycles. The van der Waals surface area contributed by atoms with E-state index in [-0.39, 0.29) is 23.7 Å². The van der Waals surface area contributed by atoms with Crippen molar-refractivity contribution in [1.82, 2.24) is 0 Å². The van der Waals surface area contributed by atoms with Gasteiger partial charge in [0.05, 0.1) is 11.5 Å². The van der Waals surface area contributed by atoms with Crippen molar-refractivity contribution in [2.45, 2.75) is 64.2 Å². The molecule has 154 valence electrons. The van der Waals surface area contributed by atoms with Crippen LogP contribution in [0.1, 0.15) is 75.3 Å². The Kier molecular flexibility index (Phi) is 8.29. The molecule has 1 fully saturated rings. The fraction of sp³-hybridized carbons (Fsp3) is 0.440. The molecule has 0 bridgehead atoms. The highest BCUT2D eigenvalue weighted by molar-refractivity contribution is 5.95. The maximum Gasteiger partial charge on any atom is 0.122 e. The summed E-state index contributed by atoms with van der Waals surface area (Å²) in [6.07, 6.45) is 9.01. The van der Waals surface area contributed by atoms with Gasteiger partial charge >= 0.3 is 0 Å². The van der Waals surface area contributed by atoms with E-state index in [9.17, 15) is 5.26 Å².